The van der Waals surface area contributed by atoms with Crippen LogP contribution in [0.2, 0.25) is 0 Å². The maximum atomic E-state index is 5.05. The van der Waals surface area contributed by atoms with Gasteiger partial charge in [-0.1, -0.05) is 78.4 Å². The molecule has 2 heteroatoms. The molecule has 1 aromatic heterocycles. The molecule has 5 aromatic rings. The normalized spacial score (nSPS) is 11.6. The van der Waals surface area contributed by atoms with Crippen molar-refractivity contribution in [3.05, 3.63) is 78.4 Å². The standard InChI is InChI=1S/C23H18N2/c1-15-11-13-16(14-12-15)23-24-21-19-9-5-3-7-17(19)18-8-4-6-10-20(18)22(21)25(23)2/h3-14H,1-2H3. The zero-order valence-electron chi connectivity index (χ0n) is 14.3. The second kappa shape index (κ2) is 5.18. The Morgan fingerprint density at radius 2 is 1.24 bits per heavy atom. The fourth-order valence-corrected chi connectivity index (χ4v) is 3.80. The van der Waals surface area contributed by atoms with Crippen LogP contribution in [-0.2, 0) is 7.05 Å². The lowest BCUT2D eigenvalue weighted by molar-refractivity contribution is 0.962. The lowest BCUT2D eigenvalue weighted by Gasteiger charge is -2.08. The molecule has 0 aliphatic rings. The second-order valence-corrected chi connectivity index (χ2v) is 6.65. The van der Waals surface area contributed by atoms with Gasteiger partial charge in [-0.2, -0.15) is 0 Å². The summed E-state index contributed by atoms with van der Waals surface area (Å²) in [6.07, 6.45) is 0. The molecule has 0 radical (unpaired) electrons. The van der Waals surface area contributed by atoms with Gasteiger partial charge < -0.3 is 4.57 Å². The predicted octanol–water partition coefficient (Wildman–Crippen LogP) is 5.86. The highest BCUT2D eigenvalue weighted by Crippen LogP contribution is 2.36. The Morgan fingerprint density at radius 1 is 0.680 bits per heavy atom. The number of nitrogens with zero attached hydrogens (tertiary/aromatic N) is 2. The summed E-state index contributed by atoms with van der Waals surface area (Å²) in [5, 5.41) is 5.01. The lowest BCUT2D eigenvalue weighted by Crippen LogP contribution is -1.93. The molecule has 0 N–H and O–H groups in total. The van der Waals surface area contributed by atoms with Crippen molar-refractivity contribution in [1.29, 1.82) is 0 Å². The highest BCUT2D eigenvalue weighted by atomic mass is 15.1. The molecule has 4 aromatic carbocycles. The minimum atomic E-state index is 1.01. The maximum Gasteiger partial charge on any atom is 0.140 e. The van der Waals surface area contributed by atoms with Gasteiger partial charge in [-0.15, -0.1) is 0 Å². The van der Waals surface area contributed by atoms with Crippen molar-refractivity contribution in [3.8, 4) is 11.4 Å². The quantitative estimate of drug-likeness (QED) is 0.354. The van der Waals surface area contributed by atoms with Gasteiger partial charge in [0, 0.05) is 23.4 Å². The molecular formula is C23H18N2. The summed E-state index contributed by atoms with van der Waals surface area (Å²) < 4.78 is 2.23. The van der Waals surface area contributed by atoms with Gasteiger partial charge >= 0.3 is 0 Å². The van der Waals surface area contributed by atoms with E-state index in [1.165, 1.54) is 32.6 Å². The van der Waals surface area contributed by atoms with Crippen LogP contribution < -0.4 is 0 Å². The number of aromatic nitrogens is 2. The number of fused-ring (bicyclic) bond motifs is 6. The van der Waals surface area contributed by atoms with Crippen LogP contribution in [0.4, 0.5) is 0 Å². The van der Waals surface area contributed by atoms with Gasteiger partial charge in [-0.3, -0.25) is 0 Å². The molecule has 120 valence electrons. The molecule has 5 rings (SSSR count). The van der Waals surface area contributed by atoms with Crippen LogP contribution in [0.3, 0.4) is 0 Å². The Morgan fingerprint density at radius 3 is 1.92 bits per heavy atom. The molecule has 1 heterocycles. The van der Waals surface area contributed by atoms with Crippen LogP contribution in [0.1, 0.15) is 5.56 Å². The third-order valence-corrected chi connectivity index (χ3v) is 5.06. The van der Waals surface area contributed by atoms with Crippen molar-refractivity contribution in [2.24, 2.45) is 7.05 Å². The maximum absolute atomic E-state index is 5.05. The van der Waals surface area contributed by atoms with E-state index in [2.05, 4.69) is 91.3 Å². The summed E-state index contributed by atoms with van der Waals surface area (Å²) >= 11 is 0. The first-order chi connectivity index (χ1) is 12.2. The number of rotatable bonds is 1. The zero-order valence-corrected chi connectivity index (χ0v) is 14.3. The van der Waals surface area contributed by atoms with Crippen LogP contribution in [0.15, 0.2) is 72.8 Å². The lowest BCUT2D eigenvalue weighted by atomic mass is 10.00. The molecule has 0 unspecified atom stereocenters. The first-order valence-corrected chi connectivity index (χ1v) is 8.57. The van der Waals surface area contributed by atoms with Crippen molar-refractivity contribution in [1.82, 2.24) is 9.55 Å². The Hall–Kier alpha value is -3.13. The number of hydrogen-bond acceptors (Lipinski definition) is 1. The van der Waals surface area contributed by atoms with Crippen molar-refractivity contribution in [3.63, 3.8) is 0 Å². The molecule has 2 nitrogen and oxygen atoms in total. The van der Waals surface area contributed by atoms with E-state index in [-0.39, 0.29) is 0 Å². The van der Waals surface area contributed by atoms with Crippen LogP contribution in [0.25, 0.3) is 44.0 Å². The van der Waals surface area contributed by atoms with Crippen molar-refractivity contribution < 1.29 is 0 Å². The Bertz CT molecular complexity index is 1240. The molecule has 25 heavy (non-hydrogen) atoms. The summed E-state index contributed by atoms with van der Waals surface area (Å²) in [5.74, 6) is 1.01. The van der Waals surface area contributed by atoms with E-state index in [1.54, 1.807) is 0 Å². The van der Waals surface area contributed by atoms with E-state index in [0.717, 1.165) is 16.9 Å². The average Bonchev–Trinajstić information content (AvgIpc) is 3.00. The van der Waals surface area contributed by atoms with Crippen LogP contribution in [0.5, 0.6) is 0 Å². The first kappa shape index (κ1) is 14.2. The van der Waals surface area contributed by atoms with Crippen molar-refractivity contribution in [2.75, 3.05) is 0 Å². The smallest absolute Gasteiger partial charge is 0.140 e. The van der Waals surface area contributed by atoms with Gasteiger partial charge in [0.2, 0.25) is 0 Å². The van der Waals surface area contributed by atoms with Crippen molar-refractivity contribution >= 4 is 32.6 Å². The van der Waals surface area contributed by atoms with E-state index in [4.69, 9.17) is 4.98 Å². The fourth-order valence-electron chi connectivity index (χ4n) is 3.80. The molecule has 0 fully saturated rings. The minimum absolute atomic E-state index is 1.01. The van der Waals surface area contributed by atoms with Gasteiger partial charge in [0.25, 0.3) is 0 Å². The number of aryl methyl sites for hydroxylation is 2. The summed E-state index contributed by atoms with van der Waals surface area (Å²) in [4.78, 5) is 5.05. The van der Waals surface area contributed by atoms with Gasteiger partial charge in [0.15, 0.2) is 0 Å². The van der Waals surface area contributed by atoms with Gasteiger partial charge in [0.05, 0.1) is 11.0 Å². The summed E-state index contributed by atoms with van der Waals surface area (Å²) in [5.41, 5.74) is 4.69. The van der Waals surface area contributed by atoms with Crippen LogP contribution >= 0.6 is 0 Å². The predicted molar refractivity (Wildman–Crippen MR) is 106 cm³/mol. The Balaban J connectivity index is 1.99. The summed E-state index contributed by atoms with van der Waals surface area (Å²) in [6, 6.07) is 25.8. The van der Waals surface area contributed by atoms with Gasteiger partial charge in [-0.05, 0) is 17.7 Å². The zero-order chi connectivity index (χ0) is 17.0. The molecule has 0 aliphatic heterocycles. The molecule has 0 atom stereocenters. The largest absolute Gasteiger partial charge is 0.327 e. The second-order valence-electron chi connectivity index (χ2n) is 6.65. The Labute approximate surface area is 146 Å². The summed E-state index contributed by atoms with van der Waals surface area (Å²) in [7, 11) is 2.12. The van der Waals surface area contributed by atoms with Gasteiger partial charge in [0.1, 0.15) is 5.82 Å². The van der Waals surface area contributed by atoms with E-state index in [0.29, 0.717) is 0 Å². The Kier molecular flexibility index (Phi) is 2.95. The number of benzene rings is 4. The van der Waals surface area contributed by atoms with Gasteiger partial charge in [-0.25, -0.2) is 4.98 Å². The topological polar surface area (TPSA) is 17.8 Å². The summed E-state index contributed by atoms with van der Waals surface area (Å²) in [6.45, 7) is 2.11. The molecule has 0 spiro atoms. The monoisotopic (exact) mass is 322 g/mol. The van der Waals surface area contributed by atoms with E-state index in [9.17, 15) is 0 Å². The molecule has 0 bridgehead atoms. The van der Waals surface area contributed by atoms with Crippen LogP contribution in [-0.4, -0.2) is 9.55 Å². The molecular weight excluding hydrogens is 304 g/mol. The SMILES string of the molecule is Cc1ccc(-c2nc3c4ccccc4c4ccccc4c3n2C)cc1. The highest BCUT2D eigenvalue weighted by molar-refractivity contribution is 6.23. The van der Waals surface area contributed by atoms with Crippen molar-refractivity contribution in [2.45, 2.75) is 6.92 Å². The third-order valence-electron chi connectivity index (χ3n) is 5.06. The molecule has 0 saturated carbocycles. The van der Waals surface area contributed by atoms with E-state index in [1.807, 2.05) is 0 Å². The average molecular weight is 322 g/mol. The number of imidazole rings is 1. The number of hydrogen-bond donors (Lipinski definition) is 0. The van der Waals surface area contributed by atoms with Crippen LogP contribution in [0, 0.1) is 6.92 Å². The fraction of sp³-hybridized carbons (Fsp3) is 0.0870. The molecule has 0 amide bonds. The molecule has 0 aliphatic carbocycles. The van der Waals surface area contributed by atoms with E-state index < -0.39 is 0 Å². The molecule has 0 saturated heterocycles. The first-order valence-electron chi connectivity index (χ1n) is 8.57. The minimum Gasteiger partial charge on any atom is -0.327 e. The highest BCUT2D eigenvalue weighted by Gasteiger charge is 2.16. The van der Waals surface area contributed by atoms with E-state index >= 15 is 0 Å². The third kappa shape index (κ3) is 2.01.